The van der Waals surface area contributed by atoms with E-state index in [0.29, 0.717) is 0 Å². The van der Waals surface area contributed by atoms with Crippen molar-refractivity contribution in [1.82, 2.24) is 0 Å². The Balaban J connectivity index is 1.67. The maximum Gasteiger partial charge on any atom is 0.251 e. The van der Waals surface area contributed by atoms with E-state index in [1.54, 1.807) is 7.11 Å². The van der Waals surface area contributed by atoms with Gasteiger partial charge in [0.25, 0.3) is 5.91 Å². The number of carbonyl (C=O) groups is 1. The van der Waals surface area contributed by atoms with Crippen LogP contribution in [0.15, 0.2) is 78.9 Å². The second kappa shape index (κ2) is 7.54. The molecule has 0 bridgehead atoms. The maximum absolute atomic E-state index is 13.3. The summed E-state index contributed by atoms with van der Waals surface area (Å²) >= 11 is 0. The standard InChI is InChI=1S/C23H22N2O2/c1-27-20-12-7-11-19(16-20)24-23(26)22(18-9-3-2-4-10-18)25-15-14-17-8-5-6-13-21(17)25/h2-13,16,22H,14-15H2,1H3,(H,24,26). The van der Waals surface area contributed by atoms with Gasteiger partial charge in [0.15, 0.2) is 0 Å². The molecule has 0 saturated carbocycles. The molecule has 3 aromatic carbocycles. The number of hydrogen-bond acceptors (Lipinski definition) is 3. The molecule has 0 radical (unpaired) electrons. The van der Waals surface area contributed by atoms with Crippen LogP contribution in [0.3, 0.4) is 0 Å². The van der Waals surface area contributed by atoms with Gasteiger partial charge in [0, 0.05) is 24.0 Å². The van der Waals surface area contributed by atoms with Gasteiger partial charge in [-0.3, -0.25) is 4.79 Å². The number of fused-ring (bicyclic) bond motifs is 1. The topological polar surface area (TPSA) is 41.6 Å². The molecule has 1 N–H and O–H groups in total. The summed E-state index contributed by atoms with van der Waals surface area (Å²) in [5.41, 5.74) is 4.13. The van der Waals surface area contributed by atoms with E-state index in [0.717, 1.165) is 35.7 Å². The number of ether oxygens (including phenoxy) is 1. The highest BCUT2D eigenvalue weighted by Crippen LogP contribution is 2.35. The van der Waals surface area contributed by atoms with Crippen LogP contribution >= 0.6 is 0 Å². The number of hydrogen-bond donors (Lipinski definition) is 1. The number of methoxy groups -OCH3 is 1. The first-order valence-electron chi connectivity index (χ1n) is 9.10. The van der Waals surface area contributed by atoms with E-state index >= 15 is 0 Å². The number of para-hydroxylation sites is 1. The SMILES string of the molecule is COc1cccc(NC(=O)C(c2ccccc2)N2CCc3ccccc32)c1. The van der Waals surface area contributed by atoms with Crippen LogP contribution in [0.2, 0.25) is 0 Å². The fraction of sp³-hybridized carbons (Fsp3) is 0.174. The Labute approximate surface area is 159 Å². The first kappa shape index (κ1) is 17.2. The Morgan fingerprint density at radius 1 is 1.00 bits per heavy atom. The van der Waals surface area contributed by atoms with Crippen molar-refractivity contribution in [3.05, 3.63) is 90.0 Å². The predicted octanol–water partition coefficient (Wildman–Crippen LogP) is 4.44. The normalized spacial score (nSPS) is 13.7. The predicted molar refractivity (Wildman–Crippen MR) is 108 cm³/mol. The highest BCUT2D eigenvalue weighted by Gasteiger charge is 2.32. The lowest BCUT2D eigenvalue weighted by atomic mass is 10.0. The van der Waals surface area contributed by atoms with Crippen molar-refractivity contribution >= 4 is 17.3 Å². The first-order valence-corrected chi connectivity index (χ1v) is 9.10. The highest BCUT2D eigenvalue weighted by molar-refractivity contribution is 5.98. The molecule has 0 fully saturated rings. The molecule has 0 aliphatic carbocycles. The molecular weight excluding hydrogens is 336 g/mol. The number of amides is 1. The van der Waals surface area contributed by atoms with E-state index in [9.17, 15) is 4.79 Å². The van der Waals surface area contributed by atoms with Crippen molar-refractivity contribution < 1.29 is 9.53 Å². The largest absolute Gasteiger partial charge is 0.497 e. The first-order chi connectivity index (χ1) is 13.3. The molecule has 0 saturated heterocycles. The van der Waals surface area contributed by atoms with Gasteiger partial charge in [0.05, 0.1) is 7.11 Å². The molecule has 4 rings (SSSR count). The van der Waals surface area contributed by atoms with Gasteiger partial charge in [-0.15, -0.1) is 0 Å². The molecule has 1 heterocycles. The summed E-state index contributed by atoms with van der Waals surface area (Å²) in [5.74, 6) is 0.668. The van der Waals surface area contributed by atoms with Crippen molar-refractivity contribution in [3.63, 3.8) is 0 Å². The molecule has 1 unspecified atom stereocenters. The number of rotatable bonds is 5. The summed E-state index contributed by atoms with van der Waals surface area (Å²) in [6.45, 7) is 0.824. The molecule has 1 aliphatic heterocycles. The molecule has 0 aromatic heterocycles. The molecular formula is C23H22N2O2. The number of anilines is 2. The van der Waals surface area contributed by atoms with Crippen LogP contribution in [0, 0.1) is 0 Å². The van der Waals surface area contributed by atoms with Gasteiger partial charge in [-0.25, -0.2) is 0 Å². The third-order valence-corrected chi connectivity index (χ3v) is 4.94. The zero-order valence-electron chi connectivity index (χ0n) is 15.3. The van der Waals surface area contributed by atoms with Crippen LogP contribution in [0.4, 0.5) is 11.4 Å². The van der Waals surface area contributed by atoms with Crippen molar-refractivity contribution in [2.75, 3.05) is 23.9 Å². The summed E-state index contributed by atoms with van der Waals surface area (Å²) in [7, 11) is 1.62. The molecule has 4 heteroatoms. The Morgan fingerprint density at radius 2 is 1.78 bits per heavy atom. The van der Waals surface area contributed by atoms with Crippen LogP contribution in [0.25, 0.3) is 0 Å². The number of nitrogens with zero attached hydrogens (tertiary/aromatic N) is 1. The van der Waals surface area contributed by atoms with Crippen molar-refractivity contribution in [2.24, 2.45) is 0 Å². The van der Waals surface area contributed by atoms with Gasteiger partial charge < -0.3 is 15.0 Å². The van der Waals surface area contributed by atoms with E-state index in [1.165, 1.54) is 5.56 Å². The van der Waals surface area contributed by atoms with Gasteiger partial charge in [0.1, 0.15) is 11.8 Å². The molecule has 1 amide bonds. The van der Waals surface area contributed by atoms with Gasteiger partial charge in [0.2, 0.25) is 0 Å². The second-order valence-corrected chi connectivity index (χ2v) is 6.61. The van der Waals surface area contributed by atoms with E-state index in [-0.39, 0.29) is 11.9 Å². The summed E-state index contributed by atoms with van der Waals surface area (Å²) in [4.78, 5) is 15.5. The van der Waals surface area contributed by atoms with E-state index in [1.807, 2.05) is 60.7 Å². The Morgan fingerprint density at radius 3 is 2.59 bits per heavy atom. The summed E-state index contributed by atoms with van der Waals surface area (Å²) in [5, 5.41) is 3.06. The number of carbonyl (C=O) groups excluding carboxylic acids is 1. The molecule has 27 heavy (non-hydrogen) atoms. The Bertz CT molecular complexity index is 940. The zero-order chi connectivity index (χ0) is 18.6. The fourth-order valence-corrected chi connectivity index (χ4v) is 3.65. The van der Waals surface area contributed by atoms with Gasteiger partial charge in [-0.1, -0.05) is 54.6 Å². The highest BCUT2D eigenvalue weighted by atomic mass is 16.5. The number of benzene rings is 3. The molecule has 0 spiro atoms. The molecule has 1 atom stereocenters. The monoisotopic (exact) mass is 358 g/mol. The lowest BCUT2D eigenvalue weighted by Crippen LogP contribution is -2.36. The minimum absolute atomic E-state index is 0.0499. The molecule has 3 aromatic rings. The van der Waals surface area contributed by atoms with Crippen LogP contribution < -0.4 is 15.0 Å². The van der Waals surface area contributed by atoms with Crippen LogP contribution in [0.1, 0.15) is 17.2 Å². The fourth-order valence-electron chi connectivity index (χ4n) is 3.65. The number of nitrogens with one attached hydrogen (secondary N) is 1. The maximum atomic E-state index is 13.3. The van der Waals surface area contributed by atoms with E-state index in [2.05, 4.69) is 28.4 Å². The van der Waals surface area contributed by atoms with Crippen molar-refractivity contribution in [3.8, 4) is 5.75 Å². The Kier molecular flexibility index (Phi) is 4.79. The second-order valence-electron chi connectivity index (χ2n) is 6.61. The minimum atomic E-state index is -0.388. The Hall–Kier alpha value is -3.27. The minimum Gasteiger partial charge on any atom is -0.497 e. The third-order valence-electron chi connectivity index (χ3n) is 4.94. The summed E-state index contributed by atoms with van der Waals surface area (Å²) in [6, 6.07) is 25.3. The van der Waals surface area contributed by atoms with Gasteiger partial charge in [-0.05, 0) is 35.7 Å². The third kappa shape index (κ3) is 3.51. The molecule has 4 nitrogen and oxygen atoms in total. The molecule has 1 aliphatic rings. The average Bonchev–Trinajstić information content (AvgIpc) is 3.13. The van der Waals surface area contributed by atoms with Gasteiger partial charge in [-0.2, -0.15) is 0 Å². The van der Waals surface area contributed by atoms with Crippen molar-refractivity contribution in [2.45, 2.75) is 12.5 Å². The lowest BCUT2D eigenvalue weighted by molar-refractivity contribution is -0.117. The van der Waals surface area contributed by atoms with Crippen LogP contribution in [0.5, 0.6) is 5.75 Å². The quantitative estimate of drug-likeness (QED) is 0.733. The van der Waals surface area contributed by atoms with E-state index in [4.69, 9.17) is 4.74 Å². The summed E-state index contributed by atoms with van der Waals surface area (Å²) in [6.07, 6.45) is 0.950. The lowest BCUT2D eigenvalue weighted by Gasteiger charge is -2.30. The van der Waals surface area contributed by atoms with Crippen LogP contribution in [-0.2, 0) is 11.2 Å². The average molecular weight is 358 g/mol. The van der Waals surface area contributed by atoms with Crippen molar-refractivity contribution in [1.29, 1.82) is 0 Å². The smallest absolute Gasteiger partial charge is 0.251 e. The van der Waals surface area contributed by atoms with Crippen LogP contribution in [-0.4, -0.2) is 19.6 Å². The summed E-state index contributed by atoms with van der Waals surface area (Å²) < 4.78 is 5.27. The zero-order valence-corrected chi connectivity index (χ0v) is 15.3. The van der Waals surface area contributed by atoms with E-state index < -0.39 is 0 Å². The van der Waals surface area contributed by atoms with Gasteiger partial charge >= 0.3 is 0 Å². The molecule has 136 valence electrons.